The van der Waals surface area contributed by atoms with E-state index in [0.29, 0.717) is 42.8 Å². The highest BCUT2D eigenvalue weighted by atomic mass is 16.5. The SMILES string of the molecule is Cc1c(C)c2ccc(OC(C)C(=O)N3CCC(C#N)CC3)cc2oc1=O. The number of hydrogen-bond acceptors (Lipinski definition) is 5. The molecular weight excluding hydrogens is 332 g/mol. The summed E-state index contributed by atoms with van der Waals surface area (Å²) in [6, 6.07) is 7.52. The minimum absolute atomic E-state index is 0.0327. The fourth-order valence-electron chi connectivity index (χ4n) is 3.24. The lowest BCUT2D eigenvalue weighted by Gasteiger charge is -2.31. The summed E-state index contributed by atoms with van der Waals surface area (Å²) < 4.78 is 11.1. The summed E-state index contributed by atoms with van der Waals surface area (Å²) in [6.45, 7) is 6.48. The molecule has 1 aromatic carbocycles. The Kier molecular flexibility index (Phi) is 4.99. The number of hydrogen-bond donors (Lipinski definition) is 0. The zero-order valence-corrected chi connectivity index (χ0v) is 15.2. The van der Waals surface area contributed by atoms with Crippen molar-refractivity contribution in [2.45, 2.75) is 39.7 Å². The topological polar surface area (TPSA) is 83.5 Å². The summed E-state index contributed by atoms with van der Waals surface area (Å²) in [5.41, 5.74) is 1.56. The second-order valence-electron chi connectivity index (χ2n) is 6.79. The number of amides is 1. The van der Waals surface area contributed by atoms with Gasteiger partial charge < -0.3 is 14.1 Å². The number of nitriles is 1. The number of likely N-dealkylation sites (tertiary alicyclic amines) is 1. The van der Waals surface area contributed by atoms with Gasteiger partial charge in [-0.2, -0.15) is 5.26 Å². The van der Waals surface area contributed by atoms with Gasteiger partial charge in [-0.3, -0.25) is 4.79 Å². The van der Waals surface area contributed by atoms with Crippen LogP contribution in [0.2, 0.25) is 0 Å². The summed E-state index contributed by atoms with van der Waals surface area (Å²) in [5.74, 6) is 0.421. The molecule has 136 valence electrons. The molecule has 1 amide bonds. The van der Waals surface area contributed by atoms with Crippen LogP contribution in [0.25, 0.3) is 11.0 Å². The second-order valence-corrected chi connectivity index (χ2v) is 6.79. The number of nitrogens with zero attached hydrogens (tertiary/aromatic N) is 2. The van der Waals surface area contributed by atoms with Gasteiger partial charge in [-0.05, 0) is 51.3 Å². The van der Waals surface area contributed by atoms with Crippen LogP contribution in [0.5, 0.6) is 5.75 Å². The van der Waals surface area contributed by atoms with Crippen LogP contribution in [0.3, 0.4) is 0 Å². The van der Waals surface area contributed by atoms with E-state index in [4.69, 9.17) is 14.4 Å². The lowest BCUT2D eigenvalue weighted by molar-refractivity contribution is -0.139. The van der Waals surface area contributed by atoms with E-state index in [-0.39, 0.29) is 17.5 Å². The van der Waals surface area contributed by atoms with Gasteiger partial charge in [0.15, 0.2) is 6.10 Å². The largest absolute Gasteiger partial charge is 0.481 e. The third-order valence-electron chi connectivity index (χ3n) is 5.08. The zero-order valence-electron chi connectivity index (χ0n) is 15.2. The molecule has 6 nitrogen and oxygen atoms in total. The van der Waals surface area contributed by atoms with Gasteiger partial charge in [-0.1, -0.05) is 0 Å². The van der Waals surface area contributed by atoms with Crippen LogP contribution >= 0.6 is 0 Å². The summed E-state index contributed by atoms with van der Waals surface area (Å²) in [6.07, 6.45) is 0.757. The van der Waals surface area contributed by atoms with E-state index in [1.807, 2.05) is 13.0 Å². The van der Waals surface area contributed by atoms with Crippen molar-refractivity contribution in [2.24, 2.45) is 5.92 Å². The second kappa shape index (κ2) is 7.20. The molecule has 1 aliphatic rings. The number of benzene rings is 1. The first kappa shape index (κ1) is 18.0. The Hall–Kier alpha value is -2.81. The highest BCUT2D eigenvalue weighted by molar-refractivity contribution is 5.83. The summed E-state index contributed by atoms with van der Waals surface area (Å²) in [5, 5.41) is 9.81. The first-order valence-corrected chi connectivity index (χ1v) is 8.80. The van der Waals surface area contributed by atoms with Crippen LogP contribution in [-0.4, -0.2) is 30.0 Å². The lowest BCUT2D eigenvalue weighted by atomic mass is 9.98. The normalized spacial score (nSPS) is 16.3. The average molecular weight is 354 g/mol. The number of piperidine rings is 1. The number of rotatable bonds is 3. The molecular formula is C20H22N2O4. The van der Waals surface area contributed by atoms with E-state index in [1.54, 1.807) is 30.9 Å². The summed E-state index contributed by atoms with van der Waals surface area (Å²) >= 11 is 0. The van der Waals surface area contributed by atoms with Crippen molar-refractivity contribution in [3.8, 4) is 11.8 Å². The van der Waals surface area contributed by atoms with Crippen LogP contribution in [0, 0.1) is 31.1 Å². The standard InChI is InChI=1S/C20H22N2O4/c1-12-13(2)20(24)26-18-10-16(4-5-17(12)18)25-14(3)19(23)22-8-6-15(11-21)7-9-22/h4-5,10,14-15H,6-9H2,1-3H3. The van der Waals surface area contributed by atoms with Crippen molar-refractivity contribution >= 4 is 16.9 Å². The van der Waals surface area contributed by atoms with Gasteiger partial charge in [0.05, 0.1) is 6.07 Å². The smallest absolute Gasteiger partial charge is 0.339 e. The fraction of sp³-hybridized carbons (Fsp3) is 0.450. The van der Waals surface area contributed by atoms with Crippen LogP contribution in [-0.2, 0) is 4.79 Å². The lowest BCUT2D eigenvalue weighted by Crippen LogP contribution is -2.44. The molecule has 2 heterocycles. The van der Waals surface area contributed by atoms with Gasteiger partial charge in [-0.15, -0.1) is 0 Å². The predicted octanol–water partition coefficient (Wildman–Crippen LogP) is 2.94. The molecule has 0 radical (unpaired) electrons. The molecule has 0 saturated carbocycles. The van der Waals surface area contributed by atoms with Crippen molar-refractivity contribution in [3.63, 3.8) is 0 Å². The van der Waals surface area contributed by atoms with E-state index in [0.717, 1.165) is 10.9 Å². The van der Waals surface area contributed by atoms with Crippen molar-refractivity contribution in [3.05, 3.63) is 39.7 Å². The highest BCUT2D eigenvalue weighted by Gasteiger charge is 2.27. The third kappa shape index (κ3) is 3.43. The van der Waals surface area contributed by atoms with Gasteiger partial charge in [0.2, 0.25) is 0 Å². The predicted molar refractivity (Wildman–Crippen MR) is 97.0 cm³/mol. The molecule has 0 bridgehead atoms. The van der Waals surface area contributed by atoms with Gasteiger partial charge in [-0.25, -0.2) is 4.79 Å². The number of carbonyl (C=O) groups is 1. The molecule has 1 saturated heterocycles. The van der Waals surface area contributed by atoms with Gasteiger partial charge in [0.25, 0.3) is 5.91 Å². The Morgan fingerprint density at radius 1 is 1.31 bits per heavy atom. The molecule has 0 aliphatic carbocycles. The molecule has 6 heteroatoms. The maximum atomic E-state index is 12.6. The minimum atomic E-state index is -0.649. The summed E-state index contributed by atoms with van der Waals surface area (Å²) in [4.78, 5) is 26.2. The number of aryl methyl sites for hydroxylation is 1. The van der Waals surface area contributed by atoms with Crippen LogP contribution in [0.1, 0.15) is 30.9 Å². The van der Waals surface area contributed by atoms with Crippen molar-refractivity contribution in [1.29, 1.82) is 5.26 Å². The van der Waals surface area contributed by atoms with Gasteiger partial charge in [0.1, 0.15) is 11.3 Å². The van der Waals surface area contributed by atoms with Gasteiger partial charge >= 0.3 is 5.63 Å². The van der Waals surface area contributed by atoms with Crippen molar-refractivity contribution in [1.82, 2.24) is 4.90 Å². The van der Waals surface area contributed by atoms with E-state index in [1.165, 1.54) is 0 Å². The summed E-state index contributed by atoms with van der Waals surface area (Å²) in [7, 11) is 0. The van der Waals surface area contributed by atoms with E-state index in [9.17, 15) is 9.59 Å². The van der Waals surface area contributed by atoms with Crippen molar-refractivity contribution in [2.75, 3.05) is 13.1 Å². The maximum absolute atomic E-state index is 12.6. The Morgan fingerprint density at radius 3 is 2.65 bits per heavy atom. The Balaban J connectivity index is 1.74. The monoisotopic (exact) mass is 354 g/mol. The van der Waals surface area contributed by atoms with Gasteiger partial charge in [0, 0.05) is 36.0 Å². The van der Waals surface area contributed by atoms with E-state index < -0.39 is 6.10 Å². The van der Waals surface area contributed by atoms with Crippen LogP contribution in [0.15, 0.2) is 27.4 Å². The highest BCUT2D eigenvalue weighted by Crippen LogP contribution is 2.25. The van der Waals surface area contributed by atoms with Crippen LogP contribution < -0.4 is 10.4 Å². The third-order valence-corrected chi connectivity index (χ3v) is 5.08. The molecule has 0 spiro atoms. The molecule has 26 heavy (non-hydrogen) atoms. The molecule has 1 unspecified atom stereocenters. The average Bonchev–Trinajstić information content (AvgIpc) is 2.65. The molecule has 1 aromatic heterocycles. The van der Waals surface area contributed by atoms with Crippen molar-refractivity contribution < 1.29 is 13.9 Å². The quantitative estimate of drug-likeness (QED) is 0.791. The maximum Gasteiger partial charge on any atom is 0.339 e. The Morgan fingerprint density at radius 2 is 2.00 bits per heavy atom. The van der Waals surface area contributed by atoms with E-state index >= 15 is 0 Å². The first-order valence-electron chi connectivity index (χ1n) is 8.80. The zero-order chi connectivity index (χ0) is 18.8. The van der Waals surface area contributed by atoms with E-state index in [2.05, 4.69) is 6.07 Å². The fourth-order valence-corrected chi connectivity index (χ4v) is 3.24. The minimum Gasteiger partial charge on any atom is -0.481 e. The Bertz CT molecular complexity index is 933. The molecule has 2 aromatic rings. The number of carbonyl (C=O) groups excluding carboxylic acids is 1. The molecule has 1 atom stereocenters. The number of ether oxygens (including phenoxy) is 1. The molecule has 3 rings (SSSR count). The molecule has 1 aliphatic heterocycles. The first-order chi connectivity index (χ1) is 12.4. The van der Waals surface area contributed by atoms with Crippen LogP contribution in [0.4, 0.5) is 0 Å². The Labute approximate surface area is 152 Å². The molecule has 1 fully saturated rings. The number of fused-ring (bicyclic) bond motifs is 1. The molecule has 0 N–H and O–H groups in total.